The minimum atomic E-state index is -1.03. The van der Waals surface area contributed by atoms with Gasteiger partial charge in [-0.15, -0.1) is 0 Å². The summed E-state index contributed by atoms with van der Waals surface area (Å²) in [6.45, 7) is 3.73. The molecule has 1 aromatic heterocycles. The zero-order chi connectivity index (χ0) is 17.7. The number of carbonyl (C=O) groups is 2. The number of carbonyl (C=O) groups excluding carboxylic acids is 1. The van der Waals surface area contributed by atoms with E-state index in [0.29, 0.717) is 22.7 Å². The average molecular weight is 350 g/mol. The predicted molar refractivity (Wildman–Crippen MR) is 91.7 cm³/mol. The van der Waals surface area contributed by atoms with Crippen LogP contribution in [0.15, 0.2) is 30.5 Å². The van der Waals surface area contributed by atoms with E-state index >= 15 is 0 Å². The van der Waals surface area contributed by atoms with Crippen LogP contribution in [-0.4, -0.2) is 32.8 Å². The fourth-order valence-electron chi connectivity index (χ4n) is 2.40. The van der Waals surface area contributed by atoms with Gasteiger partial charge >= 0.3 is 5.97 Å². The lowest BCUT2D eigenvalue weighted by atomic mass is 10.1. The van der Waals surface area contributed by atoms with Gasteiger partial charge in [-0.25, -0.2) is 9.48 Å². The number of nitrogens with zero attached hydrogens (tertiary/aromatic N) is 2. The Kier molecular flexibility index (Phi) is 5.98. The van der Waals surface area contributed by atoms with Gasteiger partial charge in [-0.2, -0.15) is 5.10 Å². The number of carboxylic acid groups (broad SMARTS) is 1. The summed E-state index contributed by atoms with van der Waals surface area (Å²) in [6.07, 6.45) is 3.44. The van der Waals surface area contributed by atoms with Crippen molar-refractivity contribution in [3.8, 4) is 5.69 Å². The normalized spacial score (nSPS) is 12.0. The van der Waals surface area contributed by atoms with Crippen LogP contribution in [0.2, 0.25) is 5.02 Å². The van der Waals surface area contributed by atoms with Crippen molar-refractivity contribution in [3.63, 3.8) is 0 Å². The van der Waals surface area contributed by atoms with Crippen molar-refractivity contribution in [3.05, 3.63) is 46.7 Å². The number of halogens is 1. The van der Waals surface area contributed by atoms with Crippen LogP contribution in [0.3, 0.4) is 0 Å². The van der Waals surface area contributed by atoms with Crippen molar-refractivity contribution in [1.29, 1.82) is 0 Å². The standard InChI is InChI=1S/C17H20ClN3O3/c1-3-4-8-15(17(23)24)20-16(22)14-10-19-21(11(14)2)13-7-5-6-12(18)9-13/h5-7,9-10,15H,3-4,8H2,1-2H3,(H,20,22)(H,23,24). The van der Waals surface area contributed by atoms with Gasteiger partial charge in [0.15, 0.2) is 0 Å². The van der Waals surface area contributed by atoms with Gasteiger partial charge in [0.25, 0.3) is 5.91 Å². The van der Waals surface area contributed by atoms with Crippen LogP contribution in [0, 0.1) is 6.92 Å². The van der Waals surface area contributed by atoms with Gasteiger partial charge in [0.1, 0.15) is 6.04 Å². The Morgan fingerprint density at radius 3 is 2.79 bits per heavy atom. The Morgan fingerprint density at radius 2 is 2.17 bits per heavy atom. The summed E-state index contributed by atoms with van der Waals surface area (Å²) in [5.74, 6) is -1.47. The minimum absolute atomic E-state index is 0.345. The first kappa shape index (κ1) is 18.0. The third-order valence-electron chi connectivity index (χ3n) is 3.76. The molecule has 0 spiro atoms. The number of hydrogen-bond acceptors (Lipinski definition) is 3. The van der Waals surface area contributed by atoms with E-state index in [2.05, 4.69) is 10.4 Å². The molecule has 6 nitrogen and oxygen atoms in total. The molecule has 1 aromatic carbocycles. The second-order valence-corrected chi connectivity index (χ2v) is 5.98. The van der Waals surface area contributed by atoms with Crippen molar-refractivity contribution >= 4 is 23.5 Å². The molecule has 1 amide bonds. The van der Waals surface area contributed by atoms with Crippen LogP contribution in [0.25, 0.3) is 5.69 Å². The zero-order valence-electron chi connectivity index (χ0n) is 13.6. The number of amides is 1. The van der Waals surface area contributed by atoms with Crippen molar-refractivity contribution < 1.29 is 14.7 Å². The fourth-order valence-corrected chi connectivity index (χ4v) is 2.59. The molecular formula is C17H20ClN3O3. The number of hydrogen-bond donors (Lipinski definition) is 2. The van der Waals surface area contributed by atoms with Crippen LogP contribution in [0.1, 0.15) is 42.2 Å². The molecular weight excluding hydrogens is 330 g/mol. The quantitative estimate of drug-likeness (QED) is 0.803. The third-order valence-corrected chi connectivity index (χ3v) is 3.99. The van der Waals surface area contributed by atoms with E-state index in [1.165, 1.54) is 6.20 Å². The number of carboxylic acids is 1. The molecule has 1 unspecified atom stereocenters. The number of aliphatic carboxylic acids is 1. The lowest BCUT2D eigenvalue weighted by molar-refractivity contribution is -0.139. The first-order chi connectivity index (χ1) is 11.4. The van der Waals surface area contributed by atoms with Crippen molar-refractivity contribution in [1.82, 2.24) is 15.1 Å². The molecule has 0 aliphatic rings. The maximum absolute atomic E-state index is 12.4. The van der Waals surface area contributed by atoms with E-state index < -0.39 is 17.9 Å². The fraction of sp³-hybridized carbons (Fsp3) is 0.353. The van der Waals surface area contributed by atoms with Crippen molar-refractivity contribution in [2.75, 3.05) is 0 Å². The Bertz CT molecular complexity index is 742. The van der Waals surface area contributed by atoms with Crippen LogP contribution in [0.4, 0.5) is 0 Å². The second kappa shape index (κ2) is 7.97. The van der Waals surface area contributed by atoms with Crippen molar-refractivity contribution in [2.24, 2.45) is 0 Å². The largest absolute Gasteiger partial charge is 0.480 e. The summed E-state index contributed by atoms with van der Waals surface area (Å²) in [4.78, 5) is 23.7. The SMILES string of the molecule is CCCCC(NC(=O)c1cnn(-c2cccc(Cl)c2)c1C)C(=O)O. The minimum Gasteiger partial charge on any atom is -0.480 e. The molecule has 1 atom stereocenters. The van der Waals surface area contributed by atoms with Crippen LogP contribution < -0.4 is 5.32 Å². The number of nitrogens with one attached hydrogen (secondary N) is 1. The molecule has 0 bridgehead atoms. The van der Waals surface area contributed by atoms with Gasteiger partial charge in [-0.3, -0.25) is 4.79 Å². The third kappa shape index (κ3) is 4.14. The maximum Gasteiger partial charge on any atom is 0.326 e. The number of benzene rings is 1. The molecule has 2 aromatic rings. The lowest BCUT2D eigenvalue weighted by Gasteiger charge is -2.14. The summed E-state index contributed by atoms with van der Waals surface area (Å²) < 4.78 is 1.60. The Hall–Kier alpha value is -2.34. The van der Waals surface area contributed by atoms with E-state index in [1.807, 2.05) is 13.0 Å². The van der Waals surface area contributed by atoms with Crippen LogP contribution >= 0.6 is 11.6 Å². The smallest absolute Gasteiger partial charge is 0.326 e. The predicted octanol–water partition coefficient (Wildman–Crippen LogP) is 3.21. The molecule has 2 N–H and O–H groups in total. The molecule has 0 aliphatic carbocycles. The van der Waals surface area contributed by atoms with Gasteiger partial charge in [-0.05, 0) is 31.5 Å². The summed E-state index contributed by atoms with van der Waals surface area (Å²) in [5, 5.41) is 16.6. The van der Waals surface area contributed by atoms with E-state index in [-0.39, 0.29) is 0 Å². The van der Waals surface area contributed by atoms with E-state index in [9.17, 15) is 14.7 Å². The Morgan fingerprint density at radius 1 is 1.42 bits per heavy atom. The summed E-state index contributed by atoms with van der Waals surface area (Å²) >= 11 is 5.98. The highest BCUT2D eigenvalue weighted by Gasteiger charge is 2.22. The van der Waals surface area contributed by atoms with Gasteiger partial charge < -0.3 is 10.4 Å². The van der Waals surface area contributed by atoms with E-state index in [4.69, 9.17) is 11.6 Å². The maximum atomic E-state index is 12.4. The molecule has 0 saturated carbocycles. The van der Waals surface area contributed by atoms with Crippen LogP contribution in [-0.2, 0) is 4.79 Å². The Balaban J connectivity index is 2.20. The highest BCUT2D eigenvalue weighted by molar-refractivity contribution is 6.30. The molecule has 7 heteroatoms. The van der Waals surface area contributed by atoms with Gasteiger partial charge in [0.2, 0.25) is 0 Å². The van der Waals surface area contributed by atoms with Gasteiger partial charge in [0.05, 0.1) is 23.1 Å². The lowest BCUT2D eigenvalue weighted by Crippen LogP contribution is -2.40. The highest BCUT2D eigenvalue weighted by atomic mass is 35.5. The van der Waals surface area contributed by atoms with Crippen LogP contribution in [0.5, 0.6) is 0 Å². The zero-order valence-corrected chi connectivity index (χ0v) is 14.4. The summed E-state index contributed by atoms with van der Waals surface area (Å²) in [7, 11) is 0. The summed E-state index contributed by atoms with van der Waals surface area (Å²) in [6, 6.07) is 6.22. The molecule has 24 heavy (non-hydrogen) atoms. The second-order valence-electron chi connectivity index (χ2n) is 5.54. The van der Waals surface area contributed by atoms with Gasteiger partial charge in [0, 0.05) is 5.02 Å². The molecule has 0 saturated heterocycles. The molecule has 0 radical (unpaired) electrons. The van der Waals surface area contributed by atoms with E-state index in [0.717, 1.165) is 18.5 Å². The first-order valence-corrected chi connectivity index (χ1v) is 8.16. The first-order valence-electron chi connectivity index (χ1n) is 7.78. The summed E-state index contributed by atoms with van der Waals surface area (Å²) in [5.41, 5.74) is 1.70. The molecule has 0 aliphatic heterocycles. The van der Waals surface area contributed by atoms with Crippen molar-refractivity contribution in [2.45, 2.75) is 39.2 Å². The number of rotatable bonds is 7. The van der Waals surface area contributed by atoms with Gasteiger partial charge in [-0.1, -0.05) is 37.4 Å². The average Bonchev–Trinajstić information content (AvgIpc) is 2.92. The molecule has 0 fully saturated rings. The molecule has 128 valence electrons. The Labute approximate surface area is 145 Å². The number of unbranched alkanes of at least 4 members (excludes halogenated alkanes) is 1. The molecule has 1 heterocycles. The van der Waals surface area contributed by atoms with E-state index in [1.54, 1.807) is 29.8 Å². The number of aromatic nitrogens is 2. The highest BCUT2D eigenvalue weighted by Crippen LogP contribution is 2.18. The molecule has 2 rings (SSSR count). The topological polar surface area (TPSA) is 84.2 Å². The monoisotopic (exact) mass is 349 g/mol.